The molecular weight excluding hydrogens is 134 g/mol. The van der Waals surface area contributed by atoms with E-state index in [1.807, 2.05) is 0 Å². The Balaban J connectivity index is 2.34. The van der Waals surface area contributed by atoms with Crippen molar-refractivity contribution in [2.24, 2.45) is 0 Å². The highest BCUT2D eigenvalue weighted by atomic mass is 14.9. The summed E-state index contributed by atoms with van der Waals surface area (Å²) in [6.45, 7) is 2.23. The van der Waals surface area contributed by atoms with Crippen LogP contribution in [0.1, 0.15) is 18.9 Å². The summed E-state index contributed by atoms with van der Waals surface area (Å²) in [6, 6.07) is 9.20. The summed E-state index contributed by atoms with van der Waals surface area (Å²) >= 11 is 0. The molecule has 1 aliphatic heterocycles. The minimum absolute atomic E-state index is 0.643. The van der Waals surface area contributed by atoms with Crippen LogP contribution < -0.4 is 5.32 Å². The molecule has 0 radical (unpaired) electrons. The first kappa shape index (κ1) is 6.71. The van der Waals surface area contributed by atoms with E-state index in [0.717, 1.165) is 0 Å². The van der Waals surface area contributed by atoms with Crippen molar-refractivity contribution in [3.63, 3.8) is 0 Å². The summed E-state index contributed by atoms with van der Waals surface area (Å²) in [4.78, 5) is 0. The van der Waals surface area contributed by atoms with Crippen molar-refractivity contribution in [1.29, 1.82) is 0 Å². The predicted molar refractivity (Wildman–Crippen MR) is 47.8 cm³/mol. The van der Waals surface area contributed by atoms with E-state index < -0.39 is 0 Å². The lowest BCUT2D eigenvalue weighted by molar-refractivity contribution is 0.681. The topological polar surface area (TPSA) is 12.0 Å². The van der Waals surface area contributed by atoms with Crippen LogP contribution in [0.3, 0.4) is 0 Å². The van der Waals surface area contributed by atoms with Crippen molar-refractivity contribution >= 4 is 5.69 Å². The Morgan fingerprint density at radius 1 is 1.36 bits per heavy atom. The standard InChI is InChI=1S/C10H13N/c1-8-6-7-9-4-2-3-5-10(9)11-8/h2-5,8,11H,6-7H2,1H3/t8-/m0/s1. The van der Waals surface area contributed by atoms with Gasteiger partial charge in [0.2, 0.25) is 0 Å². The number of fused-ring (bicyclic) bond motifs is 1. The maximum atomic E-state index is 3.46. The fourth-order valence-corrected chi connectivity index (χ4v) is 1.59. The normalized spacial score (nSPS) is 22.1. The predicted octanol–water partition coefficient (Wildman–Crippen LogP) is 2.43. The molecule has 1 aromatic rings. The first-order valence-corrected chi connectivity index (χ1v) is 4.21. The quantitative estimate of drug-likeness (QED) is 0.594. The molecule has 2 rings (SSSR count). The number of benzene rings is 1. The van der Waals surface area contributed by atoms with Gasteiger partial charge in [0.1, 0.15) is 0 Å². The van der Waals surface area contributed by atoms with Crippen LogP contribution in [0.15, 0.2) is 24.3 Å². The second-order valence-electron chi connectivity index (χ2n) is 3.24. The molecule has 58 valence electrons. The van der Waals surface area contributed by atoms with Crippen molar-refractivity contribution in [3.05, 3.63) is 29.8 Å². The van der Waals surface area contributed by atoms with Gasteiger partial charge in [0.05, 0.1) is 0 Å². The van der Waals surface area contributed by atoms with Crippen LogP contribution in [0.4, 0.5) is 5.69 Å². The van der Waals surface area contributed by atoms with Crippen LogP contribution in [0.5, 0.6) is 0 Å². The lowest BCUT2D eigenvalue weighted by Crippen LogP contribution is -2.21. The van der Waals surface area contributed by atoms with Gasteiger partial charge in [-0.2, -0.15) is 0 Å². The molecule has 1 aromatic carbocycles. The molecule has 0 unspecified atom stereocenters. The van der Waals surface area contributed by atoms with Gasteiger partial charge in [0, 0.05) is 11.7 Å². The van der Waals surface area contributed by atoms with Crippen LogP contribution in [0.2, 0.25) is 0 Å². The van der Waals surface area contributed by atoms with Crippen molar-refractivity contribution in [3.8, 4) is 0 Å². The largest absolute Gasteiger partial charge is 0.382 e. The number of nitrogens with one attached hydrogen (secondary N) is 1. The molecule has 1 nitrogen and oxygen atoms in total. The van der Waals surface area contributed by atoms with Gasteiger partial charge in [0.25, 0.3) is 0 Å². The van der Waals surface area contributed by atoms with E-state index in [1.54, 1.807) is 0 Å². The molecule has 0 spiro atoms. The van der Waals surface area contributed by atoms with Gasteiger partial charge in [0.15, 0.2) is 0 Å². The first-order valence-electron chi connectivity index (χ1n) is 4.21. The molecule has 0 amide bonds. The lowest BCUT2D eigenvalue weighted by Gasteiger charge is -2.23. The van der Waals surface area contributed by atoms with Crippen molar-refractivity contribution < 1.29 is 0 Å². The highest BCUT2D eigenvalue weighted by Gasteiger charge is 2.11. The van der Waals surface area contributed by atoms with E-state index in [4.69, 9.17) is 0 Å². The summed E-state index contributed by atoms with van der Waals surface area (Å²) in [5.41, 5.74) is 2.79. The van der Waals surface area contributed by atoms with Gasteiger partial charge in [-0.25, -0.2) is 0 Å². The van der Waals surface area contributed by atoms with E-state index in [-0.39, 0.29) is 0 Å². The van der Waals surface area contributed by atoms with Crippen molar-refractivity contribution in [2.75, 3.05) is 5.32 Å². The third-order valence-corrected chi connectivity index (χ3v) is 2.27. The summed E-state index contributed by atoms with van der Waals surface area (Å²) in [7, 11) is 0. The fourth-order valence-electron chi connectivity index (χ4n) is 1.59. The zero-order chi connectivity index (χ0) is 7.68. The van der Waals surface area contributed by atoms with E-state index in [9.17, 15) is 0 Å². The average molecular weight is 147 g/mol. The number of hydrogen-bond donors (Lipinski definition) is 1. The summed E-state index contributed by atoms with van der Waals surface area (Å²) < 4.78 is 0. The minimum Gasteiger partial charge on any atom is -0.382 e. The Morgan fingerprint density at radius 2 is 2.18 bits per heavy atom. The third kappa shape index (κ3) is 1.23. The van der Waals surface area contributed by atoms with Gasteiger partial charge in [-0.1, -0.05) is 18.2 Å². The second kappa shape index (κ2) is 2.57. The zero-order valence-corrected chi connectivity index (χ0v) is 6.80. The van der Waals surface area contributed by atoms with E-state index in [0.29, 0.717) is 6.04 Å². The van der Waals surface area contributed by atoms with Crippen molar-refractivity contribution in [2.45, 2.75) is 25.8 Å². The zero-order valence-electron chi connectivity index (χ0n) is 6.80. The van der Waals surface area contributed by atoms with Crippen LogP contribution in [0, 0.1) is 0 Å². The molecule has 0 aromatic heterocycles. The van der Waals surface area contributed by atoms with Crippen LogP contribution in [-0.4, -0.2) is 6.04 Å². The summed E-state index contributed by atoms with van der Waals surface area (Å²) in [5.74, 6) is 0. The van der Waals surface area contributed by atoms with E-state index in [2.05, 4.69) is 36.5 Å². The SMILES string of the molecule is C[C@H]1CCc2ccccc2N1. The highest BCUT2D eigenvalue weighted by Crippen LogP contribution is 2.23. The lowest BCUT2D eigenvalue weighted by atomic mass is 9.99. The maximum absolute atomic E-state index is 3.46. The minimum atomic E-state index is 0.643. The molecule has 0 fully saturated rings. The molecule has 0 saturated carbocycles. The van der Waals surface area contributed by atoms with Gasteiger partial charge >= 0.3 is 0 Å². The Morgan fingerprint density at radius 3 is 3.09 bits per heavy atom. The Labute approximate surface area is 67.4 Å². The molecule has 1 aliphatic rings. The van der Waals surface area contributed by atoms with E-state index in [1.165, 1.54) is 24.1 Å². The first-order chi connectivity index (χ1) is 5.36. The van der Waals surface area contributed by atoms with Crippen molar-refractivity contribution in [1.82, 2.24) is 0 Å². The number of hydrogen-bond acceptors (Lipinski definition) is 1. The molecule has 0 saturated heterocycles. The highest BCUT2D eigenvalue weighted by molar-refractivity contribution is 5.53. The fraction of sp³-hybridized carbons (Fsp3) is 0.400. The molecule has 1 N–H and O–H groups in total. The summed E-state index contributed by atoms with van der Waals surface area (Å²) in [5, 5.41) is 3.46. The van der Waals surface area contributed by atoms with Crippen LogP contribution in [0.25, 0.3) is 0 Å². The maximum Gasteiger partial charge on any atom is 0.0374 e. The Kier molecular flexibility index (Phi) is 1.57. The second-order valence-corrected chi connectivity index (χ2v) is 3.24. The number of aryl methyl sites for hydroxylation is 1. The summed E-state index contributed by atoms with van der Waals surface area (Å²) in [6.07, 6.45) is 2.49. The molecule has 0 aliphatic carbocycles. The van der Waals surface area contributed by atoms with Gasteiger partial charge in [-0.3, -0.25) is 0 Å². The average Bonchev–Trinajstić information content (AvgIpc) is 2.04. The smallest absolute Gasteiger partial charge is 0.0374 e. The molecule has 0 bridgehead atoms. The number of rotatable bonds is 0. The van der Waals surface area contributed by atoms with Crippen LogP contribution >= 0.6 is 0 Å². The number of para-hydroxylation sites is 1. The van der Waals surface area contributed by atoms with Crippen LogP contribution in [-0.2, 0) is 6.42 Å². The van der Waals surface area contributed by atoms with Gasteiger partial charge in [-0.15, -0.1) is 0 Å². The van der Waals surface area contributed by atoms with Gasteiger partial charge in [-0.05, 0) is 31.4 Å². The molecule has 1 atom stereocenters. The monoisotopic (exact) mass is 147 g/mol. The molecular formula is C10H13N. The van der Waals surface area contributed by atoms with E-state index >= 15 is 0 Å². The third-order valence-electron chi connectivity index (χ3n) is 2.27. The molecule has 1 heterocycles. The number of anilines is 1. The molecule has 11 heavy (non-hydrogen) atoms. The molecule has 1 heteroatoms. The van der Waals surface area contributed by atoms with Gasteiger partial charge < -0.3 is 5.32 Å². The Hall–Kier alpha value is -0.980. The Bertz CT molecular complexity index is 255.